The van der Waals surface area contributed by atoms with E-state index in [0.29, 0.717) is 15.7 Å². The smallest absolute Gasteiger partial charge is 0.265 e. The molecule has 3 rings (SSSR count). The van der Waals surface area contributed by atoms with Crippen LogP contribution in [0.15, 0.2) is 24.3 Å². The molecule has 0 unspecified atom stereocenters. The minimum Gasteiger partial charge on any atom is -0.394 e. The van der Waals surface area contributed by atoms with E-state index in [4.69, 9.17) is 16.3 Å². The van der Waals surface area contributed by atoms with Gasteiger partial charge in [-0.15, -0.1) is 11.3 Å². The van der Waals surface area contributed by atoms with Crippen molar-refractivity contribution in [2.45, 2.75) is 34.4 Å². The summed E-state index contributed by atoms with van der Waals surface area (Å²) in [5.41, 5.74) is 1.19. The van der Waals surface area contributed by atoms with Gasteiger partial charge < -0.3 is 30.5 Å². The van der Waals surface area contributed by atoms with Crippen molar-refractivity contribution in [1.82, 2.24) is 10.3 Å². The summed E-state index contributed by atoms with van der Waals surface area (Å²) in [6, 6.07) is 6.99. The molecule has 5 N–H and O–H groups in total. The zero-order valence-electron chi connectivity index (χ0n) is 14.6. The van der Waals surface area contributed by atoms with Crippen LogP contribution < -0.4 is 5.32 Å². The minimum absolute atomic E-state index is 0.255. The highest BCUT2D eigenvalue weighted by atomic mass is 79.9. The first kappa shape index (κ1) is 23.0. The summed E-state index contributed by atoms with van der Waals surface area (Å²) in [6.45, 7) is -0.589. The topological polar surface area (TPSA) is 132 Å². The standard InChI is InChI=1S/C17H17Br2ClN2O6S/c18-14(19)9-13(29-17(21-9)6-1-3-7(20)4-2-6)15(27)22-16-12(26)11(25)10(24)8(5-23)28-16/h1-4,8,10-12,14,16,23-26H,5H2,(H,22,27)/t8-,10-,11-,12+,16+/m0/s1. The number of ether oxygens (including phenoxy) is 1. The van der Waals surface area contributed by atoms with E-state index in [-0.39, 0.29) is 4.88 Å². The second-order valence-corrected chi connectivity index (χ2v) is 10.8. The van der Waals surface area contributed by atoms with Crippen molar-refractivity contribution in [3.8, 4) is 10.6 Å². The van der Waals surface area contributed by atoms with E-state index >= 15 is 0 Å². The lowest BCUT2D eigenvalue weighted by Crippen LogP contribution is -2.63. The number of rotatable bonds is 5. The number of benzene rings is 1. The van der Waals surface area contributed by atoms with Gasteiger partial charge in [-0.3, -0.25) is 4.79 Å². The van der Waals surface area contributed by atoms with Gasteiger partial charge in [-0.2, -0.15) is 0 Å². The zero-order chi connectivity index (χ0) is 21.3. The van der Waals surface area contributed by atoms with Crippen LogP contribution in [-0.4, -0.2) is 68.6 Å². The van der Waals surface area contributed by atoms with E-state index in [2.05, 4.69) is 42.2 Å². The molecular formula is C17H17Br2ClN2O6S. The number of nitrogens with zero attached hydrogens (tertiary/aromatic N) is 1. The highest BCUT2D eigenvalue weighted by Gasteiger charge is 2.44. The van der Waals surface area contributed by atoms with Crippen molar-refractivity contribution in [1.29, 1.82) is 0 Å². The molecule has 0 spiro atoms. The predicted octanol–water partition coefficient (Wildman–Crippen LogP) is 1.78. The Bertz CT molecular complexity index is 866. The molecule has 1 aliphatic heterocycles. The summed E-state index contributed by atoms with van der Waals surface area (Å²) in [4.78, 5) is 17.6. The number of aliphatic hydroxyl groups is 4. The molecule has 2 heterocycles. The molecule has 12 heteroatoms. The zero-order valence-corrected chi connectivity index (χ0v) is 19.3. The van der Waals surface area contributed by atoms with Gasteiger partial charge in [0.1, 0.15) is 38.0 Å². The van der Waals surface area contributed by atoms with Gasteiger partial charge >= 0.3 is 0 Å². The molecule has 1 aliphatic rings. The number of carbonyl (C=O) groups excluding carboxylic acids is 1. The molecule has 0 radical (unpaired) electrons. The fraction of sp³-hybridized carbons (Fsp3) is 0.412. The number of halogens is 3. The Morgan fingerprint density at radius 2 is 1.86 bits per heavy atom. The maximum Gasteiger partial charge on any atom is 0.265 e. The molecule has 1 aromatic heterocycles. The number of hydrogen-bond acceptors (Lipinski definition) is 8. The van der Waals surface area contributed by atoms with Crippen LogP contribution in [0.4, 0.5) is 0 Å². The van der Waals surface area contributed by atoms with Gasteiger partial charge in [-0.05, 0) is 12.1 Å². The van der Waals surface area contributed by atoms with Crippen LogP contribution in [0.5, 0.6) is 0 Å². The number of alkyl halides is 2. The summed E-state index contributed by atoms with van der Waals surface area (Å²) < 4.78 is 4.92. The SMILES string of the molecule is O=C(N[C@@H]1O[C@@H](CO)[C@H](O)[C@H](O)[C@H]1O)c1sc(-c2ccc(Cl)cc2)nc1C(Br)Br. The number of aromatic nitrogens is 1. The molecule has 1 amide bonds. The fourth-order valence-corrected chi connectivity index (χ4v) is 4.88. The van der Waals surface area contributed by atoms with E-state index in [9.17, 15) is 25.2 Å². The van der Waals surface area contributed by atoms with Crippen molar-refractivity contribution in [3.05, 3.63) is 39.9 Å². The molecule has 5 atom stereocenters. The number of aliphatic hydroxyl groups excluding tert-OH is 4. The van der Waals surface area contributed by atoms with Crippen LogP contribution in [0, 0.1) is 0 Å². The van der Waals surface area contributed by atoms with Gasteiger partial charge in [0.2, 0.25) is 0 Å². The van der Waals surface area contributed by atoms with Crippen molar-refractivity contribution in [3.63, 3.8) is 0 Å². The molecule has 8 nitrogen and oxygen atoms in total. The molecule has 1 aromatic carbocycles. The number of carbonyl (C=O) groups is 1. The Labute approximate surface area is 191 Å². The predicted molar refractivity (Wildman–Crippen MR) is 114 cm³/mol. The summed E-state index contributed by atoms with van der Waals surface area (Å²) in [6.07, 6.45) is -7.11. The minimum atomic E-state index is -1.59. The maximum absolute atomic E-state index is 12.9. The van der Waals surface area contributed by atoms with Crippen molar-refractivity contribution < 1.29 is 30.0 Å². The van der Waals surface area contributed by atoms with Crippen LogP contribution in [0.3, 0.4) is 0 Å². The van der Waals surface area contributed by atoms with Crippen molar-refractivity contribution in [2.75, 3.05) is 6.61 Å². The van der Waals surface area contributed by atoms with Gasteiger partial charge in [0.05, 0.1) is 12.3 Å². The molecule has 0 saturated carbocycles. The lowest BCUT2D eigenvalue weighted by atomic mass is 9.98. The first-order chi connectivity index (χ1) is 13.7. The highest BCUT2D eigenvalue weighted by molar-refractivity contribution is 9.24. The largest absolute Gasteiger partial charge is 0.394 e. The molecule has 0 bridgehead atoms. The second kappa shape index (κ2) is 9.67. The quantitative estimate of drug-likeness (QED) is 0.345. The number of amides is 1. The summed E-state index contributed by atoms with van der Waals surface area (Å²) in [5, 5.41) is 42.8. The summed E-state index contributed by atoms with van der Waals surface area (Å²) in [7, 11) is 0. The summed E-state index contributed by atoms with van der Waals surface area (Å²) in [5.74, 6) is -0.592. The van der Waals surface area contributed by atoms with Crippen LogP contribution >= 0.6 is 54.8 Å². The third kappa shape index (κ3) is 5.00. The molecule has 2 aromatic rings. The molecule has 29 heavy (non-hydrogen) atoms. The molecular weight excluding hydrogens is 556 g/mol. The van der Waals surface area contributed by atoms with Gasteiger partial charge in [-0.25, -0.2) is 4.98 Å². The average molecular weight is 573 g/mol. The van der Waals surface area contributed by atoms with Gasteiger partial charge in [0.15, 0.2) is 6.23 Å². The molecule has 1 saturated heterocycles. The monoisotopic (exact) mass is 570 g/mol. The lowest BCUT2D eigenvalue weighted by molar-refractivity contribution is -0.233. The average Bonchev–Trinajstić information content (AvgIpc) is 3.15. The van der Waals surface area contributed by atoms with E-state index < -0.39 is 46.9 Å². The van der Waals surface area contributed by atoms with Gasteiger partial charge in [0.25, 0.3) is 5.91 Å². The van der Waals surface area contributed by atoms with Crippen LogP contribution in [0.25, 0.3) is 10.6 Å². The van der Waals surface area contributed by atoms with E-state index in [1.807, 2.05) is 0 Å². The molecule has 158 valence electrons. The van der Waals surface area contributed by atoms with E-state index in [1.54, 1.807) is 24.3 Å². The van der Waals surface area contributed by atoms with E-state index in [0.717, 1.165) is 16.9 Å². The van der Waals surface area contributed by atoms with E-state index in [1.165, 1.54) is 0 Å². The molecule has 1 fully saturated rings. The third-order valence-corrected chi connectivity index (χ3v) is 6.56. The fourth-order valence-electron chi connectivity index (χ4n) is 2.77. The number of nitrogens with one attached hydrogen (secondary N) is 1. The Kier molecular flexibility index (Phi) is 7.68. The number of hydrogen-bond donors (Lipinski definition) is 5. The molecule has 0 aliphatic carbocycles. The highest BCUT2D eigenvalue weighted by Crippen LogP contribution is 2.38. The van der Waals surface area contributed by atoms with Gasteiger partial charge in [0, 0.05) is 10.6 Å². The van der Waals surface area contributed by atoms with Gasteiger partial charge in [-0.1, -0.05) is 55.6 Å². The Morgan fingerprint density at radius 3 is 2.45 bits per heavy atom. The normalized spacial score (nSPS) is 27.2. The van der Waals surface area contributed by atoms with Crippen LogP contribution in [0.1, 0.15) is 19.1 Å². The number of thiazole rings is 1. The first-order valence-electron chi connectivity index (χ1n) is 8.39. The Morgan fingerprint density at radius 1 is 1.21 bits per heavy atom. The van der Waals surface area contributed by atoms with Crippen LogP contribution in [0.2, 0.25) is 5.02 Å². The lowest BCUT2D eigenvalue weighted by Gasteiger charge is -2.40. The van der Waals surface area contributed by atoms with Crippen molar-refractivity contribution >= 4 is 60.7 Å². The second-order valence-electron chi connectivity index (χ2n) is 6.26. The van der Waals surface area contributed by atoms with Crippen molar-refractivity contribution in [2.24, 2.45) is 0 Å². The first-order valence-corrected chi connectivity index (χ1v) is 11.4. The Hall–Kier alpha value is -0.630. The summed E-state index contributed by atoms with van der Waals surface area (Å²) >= 11 is 13.7. The Balaban J connectivity index is 1.85. The maximum atomic E-state index is 12.9. The van der Waals surface area contributed by atoms with Crippen LogP contribution in [-0.2, 0) is 4.74 Å². The third-order valence-electron chi connectivity index (χ3n) is 4.32.